The molecule has 4 amide bonds. The van der Waals surface area contributed by atoms with Crippen LogP contribution in [-0.2, 0) is 38.0 Å². The quantitative estimate of drug-likeness (QED) is 0.0354. The predicted molar refractivity (Wildman–Crippen MR) is 421 cm³/mol. The van der Waals surface area contributed by atoms with E-state index in [1.807, 2.05) is 69.2 Å². The molecule has 0 saturated carbocycles. The second-order valence-electron chi connectivity index (χ2n) is 33.3. The molecular weight excluding hydrogens is 1220 g/mol. The minimum Gasteiger partial charge on any atom is -0.465 e. The van der Waals surface area contributed by atoms with Crippen molar-refractivity contribution in [2.24, 2.45) is 107 Å². The van der Waals surface area contributed by atoms with Gasteiger partial charge in [-0.15, -0.1) is 0 Å². The maximum atomic E-state index is 11.2. The van der Waals surface area contributed by atoms with E-state index in [1.165, 1.54) is 25.7 Å². The van der Waals surface area contributed by atoms with Crippen molar-refractivity contribution in [2.45, 2.75) is 353 Å². The molecule has 0 aliphatic rings. The SMILES string of the molecule is CC(C)C(=O)OCC(C)C(C)C.CC(C)CC(C)C(C)C.CC(C)CCC(C)C.CC(C)CCOC(=O)C(C)C.CC(C)CCOC(=O)NC(C)C.CC(C)CCOC(C)C.CC(C)NC(=O)NCC(C)C(C)C.CC(C)OC(=O)NCC(C)C(C)C.CC(C)OCC(C)C(C)C. The number of hydrogen-bond donors (Lipinski definition) is 4. The summed E-state index contributed by atoms with van der Waals surface area (Å²) in [6, 6.07) is 0.286. The lowest BCUT2D eigenvalue weighted by Gasteiger charge is -2.17. The Morgan fingerprint density at radius 3 is 0.918 bits per heavy atom. The van der Waals surface area contributed by atoms with E-state index in [-0.39, 0.29) is 60.2 Å². The second-order valence-corrected chi connectivity index (χ2v) is 33.3. The molecule has 0 aliphatic heterocycles. The monoisotopic (exact) mass is 1390 g/mol. The van der Waals surface area contributed by atoms with E-state index in [9.17, 15) is 24.0 Å². The number of amides is 4. The molecule has 0 heterocycles. The van der Waals surface area contributed by atoms with Gasteiger partial charge in [0.25, 0.3) is 0 Å². The van der Waals surface area contributed by atoms with Gasteiger partial charge in [0.05, 0.1) is 50.0 Å². The Kier molecular flexibility index (Phi) is 83.8. The zero-order valence-corrected chi connectivity index (χ0v) is 72.5. The summed E-state index contributed by atoms with van der Waals surface area (Å²) in [7, 11) is 0. The molecule has 0 saturated heterocycles. The van der Waals surface area contributed by atoms with Gasteiger partial charge in [-0.1, -0.05) is 227 Å². The summed E-state index contributed by atoms with van der Waals surface area (Å²) < 4.78 is 30.7. The van der Waals surface area contributed by atoms with Crippen molar-refractivity contribution in [3.05, 3.63) is 0 Å². The second kappa shape index (κ2) is 72.5. The van der Waals surface area contributed by atoms with Crippen LogP contribution in [0.2, 0.25) is 0 Å². The van der Waals surface area contributed by atoms with Crippen molar-refractivity contribution < 1.29 is 52.4 Å². The van der Waals surface area contributed by atoms with Crippen molar-refractivity contribution in [1.82, 2.24) is 21.3 Å². The Morgan fingerprint density at radius 1 is 0.289 bits per heavy atom. The van der Waals surface area contributed by atoms with E-state index in [4.69, 9.17) is 28.4 Å². The molecule has 0 aromatic carbocycles. The van der Waals surface area contributed by atoms with Crippen LogP contribution < -0.4 is 21.3 Å². The molecule has 0 fully saturated rings. The molecule has 0 aliphatic carbocycles. The molecule has 0 radical (unpaired) electrons. The lowest BCUT2D eigenvalue weighted by atomic mass is 9.90. The lowest BCUT2D eigenvalue weighted by molar-refractivity contribution is -0.149. The minimum absolute atomic E-state index is 0.00200. The first-order chi connectivity index (χ1) is 44.2. The van der Waals surface area contributed by atoms with Gasteiger partial charge < -0.3 is 49.7 Å². The lowest BCUT2D eigenvalue weighted by Crippen LogP contribution is -2.41. The summed E-state index contributed by atoms with van der Waals surface area (Å²) in [5.74, 6) is 10.8. The maximum Gasteiger partial charge on any atom is 0.407 e. The highest BCUT2D eigenvalue weighted by Gasteiger charge is 2.15. The Bertz CT molecular complexity index is 1660. The average molecular weight is 1390 g/mol. The van der Waals surface area contributed by atoms with Gasteiger partial charge >= 0.3 is 30.2 Å². The van der Waals surface area contributed by atoms with Gasteiger partial charge in [-0.3, -0.25) is 9.59 Å². The number of nitrogens with one attached hydrogen (secondary N) is 4. The molecule has 0 aromatic heterocycles. The topological polar surface area (TPSA) is 189 Å². The molecule has 0 rings (SSSR count). The first-order valence-corrected chi connectivity index (χ1v) is 38.7. The van der Waals surface area contributed by atoms with Crippen LogP contribution in [0.3, 0.4) is 0 Å². The summed E-state index contributed by atoms with van der Waals surface area (Å²) >= 11 is 0. The van der Waals surface area contributed by atoms with Crippen LogP contribution in [0.4, 0.5) is 14.4 Å². The van der Waals surface area contributed by atoms with Crippen LogP contribution in [0.15, 0.2) is 0 Å². The van der Waals surface area contributed by atoms with Crippen LogP contribution >= 0.6 is 0 Å². The van der Waals surface area contributed by atoms with E-state index < -0.39 is 0 Å². The molecular formula is C82H176N4O11. The zero-order chi connectivity index (χ0) is 78.4. The standard InChI is InChI=1S/C10H22N2O.C10H21NO2.C10H20O2.C9H19NO2.C9H18O2.C9H20O.C9H20.C8H18O.C8H18/c1-7(2)9(5)6-11-10(13)12-8(3)4;1-7(2)9(5)6-11-10(12)13-8(3)4;1-7(2)9(5)6-12-10(11)8(3)4;1-7(2)5-6-12-9(11)10-8(3)4;1-7(2)5-6-11-9(10)8(3)4;1-7(2)9(5)6-10-8(3)4;1-7(2)6-9(5)8(3)4;1-7(2)5-6-9-8(3)4;1-7(2)5-6-8(3)4/h7-9H,6H2,1-5H3,(H2,11,12,13);7-9H,6H2,1-5H3,(H,11,12);7-9H,6H2,1-5H3;7-8H,5-6H2,1-4H3,(H,10,11);7-8H,5-6H2,1-4H3;7-9H,6H2,1-5H3;7-9H,6H2,1-5H3;7-8H,5-6H2,1-4H3;7-8H,5-6H2,1-4H3. The molecule has 15 heteroatoms. The molecule has 97 heavy (non-hydrogen) atoms. The zero-order valence-electron chi connectivity index (χ0n) is 72.5. The summed E-state index contributed by atoms with van der Waals surface area (Å²) in [6.45, 7) is 91.3. The first-order valence-electron chi connectivity index (χ1n) is 38.7. The van der Waals surface area contributed by atoms with Crippen molar-refractivity contribution >= 4 is 30.2 Å². The van der Waals surface area contributed by atoms with Crippen LogP contribution in [0, 0.1) is 107 Å². The van der Waals surface area contributed by atoms with Crippen molar-refractivity contribution in [3.8, 4) is 0 Å². The van der Waals surface area contributed by atoms with Crippen LogP contribution in [-0.4, -0.2) is 107 Å². The summed E-state index contributed by atoms with van der Waals surface area (Å²) in [4.78, 5) is 55.1. The van der Waals surface area contributed by atoms with E-state index in [2.05, 4.69) is 236 Å². The number of carbonyl (C=O) groups excluding carboxylic acids is 5. The van der Waals surface area contributed by atoms with Gasteiger partial charge in [0.1, 0.15) is 0 Å². The Morgan fingerprint density at radius 2 is 0.619 bits per heavy atom. The molecule has 5 atom stereocenters. The molecule has 0 spiro atoms. The largest absolute Gasteiger partial charge is 0.465 e. The van der Waals surface area contributed by atoms with E-state index in [0.717, 1.165) is 74.0 Å². The molecule has 15 nitrogen and oxygen atoms in total. The normalized spacial score (nSPS) is 12.6. The third kappa shape index (κ3) is 109. The number of urea groups is 1. The highest BCUT2D eigenvalue weighted by atomic mass is 16.6. The van der Waals surface area contributed by atoms with Crippen molar-refractivity contribution in [2.75, 3.05) is 46.1 Å². The van der Waals surface area contributed by atoms with Crippen molar-refractivity contribution in [1.29, 1.82) is 0 Å². The van der Waals surface area contributed by atoms with Gasteiger partial charge in [0, 0.05) is 38.4 Å². The molecule has 0 aromatic rings. The third-order valence-corrected chi connectivity index (χ3v) is 15.3. The predicted octanol–water partition coefficient (Wildman–Crippen LogP) is 22.8. The van der Waals surface area contributed by atoms with Crippen molar-refractivity contribution in [3.63, 3.8) is 0 Å². The number of hydrogen-bond acceptors (Lipinski definition) is 11. The molecule has 4 N–H and O–H groups in total. The van der Waals surface area contributed by atoms with Gasteiger partial charge in [-0.25, -0.2) is 14.4 Å². The summed E-state index contributed by atoms with van der Waals surface area (Å²) in [5.41, 5.74) is 0. The van der Waals surface area contributed by atoms with Gasteiger partial charge in [-0.2, -0.15) is 0 Å². The fraction of sp³-hybridized carbons (Fsp3) is 0.939. The van der Waals surface area contributed by atoms with Crippen LogP contribution in [0.5, 0.6) is 0 Å². The van der Waals surface area contributed by atoms with E-state index in [1.54, 1.807) is 0 Å². The van der Waals surface area contributed by atoms with E-state index >= 15 is 0 Å². The smallest absolute Gasteiger partial charge is 0.407 e. The number of esters is 2. The number of ether oxygens (including phenoxy) is 6. The Hall–Kier alpha value is -3.33. The Labute approximate surface area is 606 Å². The summed E-state index contributed by atoms with van der Waals surface area (Å²) in [5, 5.41) is 11.0. The fourth-order valence-corrected chi connectivity index (χ4v) is 6.10. The van der Waals surface area contributed by atoms with Gasteiger partial charge in [0.15, 0.2) is 0 Å². The summed E-state index contributed by atoms with van der Waals surface area (Å²) in [6.07, 6.45) is 7.29. The number of carbonyl (C=O) groups is 5. The number of rotatable bonds is 34. The number of alkyl carbamates (subject to hydrolysis) is 2. The molecule has 590 valence electrons. The molecule has 5 unspecified atom stereocenters. The van der Waals surface area contributed by atoms with Crippen LogP contribution in [0.1, 0.15) is 322 Å². The average Bonchev–Trinajstić information content (AvgIpc) is 3.29. The van der Waals surface area contributed by atoms with Gasteiger partial charge in [-0.05, 0) is 190 Å². The third-order valence-electron chi connectivity index (χ3n) is 15.3. The molecule has 0 bridgehead atoms. The maximum absolute atomic E-state index is 11.2. The Balaban J connectivity index is -0.000000129. The highest BCUT2D eigenvalue weighted by Crippen LogP contribution is 2.19. The highest BCUT2D eigenvalue weighted by molar-refractivity contribution is 5.74. The first kappa shape index (κ1) is 112. The van der Waals surface area contributed by atoms with Crippen LogP contribution in [0.25, 0.3) is 0 Å². The minimum atomic E-state index is -0.317. The van der Waals surface area contributed by atoms with E-state index in [0.29, 0.717) is 91.8 Å². The fourth-order valence-electron chi connectivity index (χ4n) is 6.10. The van der Waals surface area contributed by atoms with Gasteiger partial charge in [0.2, 0.25) is 0 Å².